The largest absolute Gasteiger partial charge is 0.490 e. The third-order valence-corrected chi connectivity index (χ3v) is 21.3. The number of benzene rings is 3. The highest BCUT2D eigenvalue weighted by Gasteiger charge is 2.44. The maximum Gasteiger partial charge on any atom is 0.490 e. The SMILES string of the molecule is CC(C)(CNC(=O)c1ccc(C2=c3cc4c5c(c3Oc3c2cc2c6c3CCCN6CCC2)CCC[N+]=5CCC4)c(C(=O)O)c1)SSCOC1C[C@H](n2cnc3c(=O)[nH]c(N)nc32)O[C@@H]1COP(=O)(O)OP(=O)(O)OP(=O)(O)O. The predicted octanol–water partition coefficient (Wildman–Crippen LogP) is 4.40. The number of nitrogens with zero attached hydrogens (tertiary/aromatic N) is 5. The second kappa shape index (κ2) is 21.2. The van der Waals surface area contributed by atoms with Gasteiger partial charge in [-0.25, -0.2) is 28.0 Å². The first-order valence-corrected chi connectivity index (χ1v) is 32.0. The van der Waals surface area contributed by atoms with E-state index in [0.717, 1.165) is 105 Å². The number of carbonyl (C=O) groups excluding carboxylic acids is 1. The number of ether oxygens (including phenoxy) is 3. The molecule has 3 aromatic carbocycles. The normalized spacial score (nSPS) is 21.2. The van der Waals surface area contributed by atoms with Crippen LogP contribution in [0.5, 0.6) is 11.5 Å². The molecule has 3 unspecified atom stereocenters. The molecule has 1 amide bonds. The van der Waals surface area contributed by atoms with Crippen molar-refractivity contribution in [3.63, 3.8) is 0 Å². The number of carboxylic acids is 1. The van der Waals surface area contributed by atoms with Crippen molar-refractivity contribution >= 4 is 85.3 Å². The Morgan fingerprint density at radius 1 is 0.949 bits per heavy atom. The lowest BCUT2D eigenvalue weighted by atomic mass is 9.81. The van der Waals surface area contributed by atoms with Gasteiger partial charge in [0.2, 0.25) is 11.3 Å². The van der Waals surface area contributed by atoms with E-state index in [1.807, 2.05) is 13.8 Å². The van der Waals surface area contributed by atoms with Gasteiger partial charge in [0.05, 0.1) is 30.2 Å². The summed E-state index contributed by atoms with van der Waals surface area (Å²) in [5.41, 5.74) is 13.6. The summed E-state index contributed by atoms with van der Waals surface area (Å²) in [7, 11) is -14.4. The average Bonchev–Trinajstić information content (AvgIpc) is 3.90. The number of nitrogens with one attached hydrogen (secondary N) is 2. The molecule has 0 radical (unpaired) electrons. The van der Waals surface area contributed by atoms with Gasteiger partial charge < -0.3 is 54.8 Å². The molecule has 1 fully saturated rings. The van der Waals surface area contributed by atoms with Gasteiger partial charge in [-0.15, -0.1) is 0 Å². The highest BCUT2D eigenvalue weighted by molar-refractivity contribution is 8.77. The molecule has 1 saturated heterocycles. The van der Waals surface area contributed by atoms with Crippen LogP contribution in [0.2, 0.25) is 0 Å². The molecule has 8 heterocycles. The Morgan fingerprint density at radius 2 is 1.69 bits per heavy atom. The Morgan fingerprint density at radius 3 is 2.46 bits per heavy atom. The maximum absolute atomic E-state index is 14.0. The number of aromatic carboxylic acids is 1. The number of rotatable bonds is 18. The number of carboxylic acid groups (broad SMARTS) is 1. The van der Waals surface area contributed by atoms with Crippen molar-refractivity contribution in [2.75, 3.05) is 55.9 Å². The molecule has 5 aromatic rings. The fourth-order valence-electron chi connectivity index (χ4n) is 11.4. The molecule has 30 heteroatoms. The molecule has 416 valence electrons. The zero-order valence-corrected chi connectivity index (χ0v) is 46.4. The maximum atomic E-state index is 14.0. The van der Waals surface area contributed by atoms with Crippen LogP contribution < -0.4 is 41.4 Å². The summed E-state index contributed by atoms with van der Waals surface area (Å²) in [6.07, 6.45) is 5.74. The van der Waals surface area contributed by atoms with Crippen molar-refractivity contribution in [3.8, 4) is 11.5 Å². The van der Waals surface area contributed by atoms with Gasteiger partial charge >= 0.3 is 29.4 Å². The monoisotopic (exact) mass is 1170 g/mol. The van der Waals surface area contributed by atoms with E-state index in [0.29, 0.717) is 5.56 Å². The number of nitrogens with two attached hydrogens (primary N) is 1. The first kappa shape index (κ1) is 55.0. The van der Waals surface area contributed by atoms with Gasteiger partial charge in [0.25, 0.3) is 11.5 Å². The second-order valence-corrected chi connectivity index (χ2v) is 27.8. The summed E-state index contributed by atoms with van der Waals surface area (Å²) in [5, 5.41) is 16.1. The van der Waals surface area contributed by atoms with Crippen molar-refractivity contribution in [2.45, 2.75) is 94.8 Å². The number of aromatic amines is 1. The number of phosphoric ester groups is 1. The van der Waals surface area contributed by atoms with Crippen LogP contribution in [-0.2, 0) is 62.0 Å². The Hall–Kier alpha value is -4.95. The van der Waals surface area contributed by atoms with Crippen LogP contribution in [-0.4, -0.2) is 118 Å². The number of hydrogen-bond donors (Lipinski definition) is 8. The number of carbonyl (C=O) groups is 2. The third-order valence-electron chi connectivity index (χ3n) is 14.5. The number of amides is 1. The van der Waals surface area contributed by atoms with E-state index in [4.69, 9.17) is 34.3 Å². The average molecular weight is 1170 g/mol. The van der Waals surface area contributed by atoms with Gasteiger partial charge in [0, 0.05) is 82.4 Å². The van der Waals surface area contributed by atoms with Crippen LogP contribution in [0.4, 0.5) is 11.6 Å². The van der Waals surface area contributed by atoms with Gasteiger partial charge in [0.15, 0.2) is 11.2 Å². The van der Waals surface area contributed by atoms with Crippen molar-refractivity contribution in [1.29, 1.82) is 0 Å². The Labute approximate surface area is 452 Å². The first-order chi connectivity index (χ1) is 37.0. The molecule has 25 nitrogen and oxygen atoms in total. The lowest BCUT2D eigenvalue weighted by Gasteiger charge is -2.39. The molecule has 0 spiro atoms. The fraction of sp³-hybridized carbons (Fsp3) is 0.458. The number of anilines is 2. The molecule has 9 N–H and O–H groups in total. The highest BCUT2D eigenvalue weighted by Crippen LogP contribution is 2.66. The first-order valence-electron chi connectivity index (χ1n) is 25.2. The van der Waals surface area contributed by atoms with Gasteiger partial charge in [-0.1, -0.05) is 27.7 Å². The fourth-order valence-corrected chi connectivity index (χ4v) is 16.6. The molecule has 5 atom stereocenters. The van der Waals surface area contributed by atoms with Crippen molar-refractivity contribution < 1.29 is 75.3 Å². The number of phosphoric acid groups is 3. The minimum atomic E-state index is -5.81. The molecule has 0 saturated carbocycles. The number of hydrogen-bond acceptors (Lipinski definition) is 18. The van der Waals surface area contributed by atoms with Gasteiger partial charge in [-0.05, 0) is 87.8 Å². The summed E-state index contributed by atoms with van der Waals surface area (Å²) in [6.45, 7) is 7.03. The van der Waals surface area contributed by atoms with Gasteiger partial charge in [-0.2, -0.15) is 13.6 Å². The minimum Gasteiger partial charge on any atom is -0.478 e. The zero-order valence-electron chi connectivity index (χ0n) is 42.1. The van der Waals surface area contributed by atoms with E-state index in [-0.39, 0.29) is 47.1 Å². The molecule has 0 aliphatic carbocycles. The Bertz CT molecular complexity index is 3660. The van der Waals surface area contributed by atoms with Crippen LogP contribution in [0, 0.1) is 0 Å². The summed E-state index contributed by atoms with van der Waals surface area (Å²) in [6, 6.07) is 9.30. The standard InChI is InChI=1S/C48H55N8O17P3S2/c1-48(2,78-77-24-68-34-20-36(56-23-51-38-43(56)52-47(49)53-45(38)58)70-35(34)21-69-75(64,65)73-76(66,67)72-74(61,62)63)22-50-44(57)27-11-12-28(31(19-27)46(59)60)37-32-17-25-7-3-13-54-15-5-9-29(39(25)54)41(32)71-42-30-10-6-16-55-14-4-8-26(40(30)55)18-33(37)42/h11-12,17-19,23,34-36H,3-10,13-16,20-22,24H2,1-2H3,(H8-,49,50,52,53,57,58,59,60,61,62,63,64,65,66,67)/p+1/t34?,35-,36-/m1/s1. The number of aromatic nitrogens is 4. The van der Waals surface area contributed by atoms with E-state index >= 15 is 0 Å². The van der Waals surface area contributed by atoms with Crippen molar-refractivity contribution in [2.24, 2.45) is 0 Å². The molecule has 2 aromatic heterocycles. The Kier molecular flexibility index (Phi) is 14.9. The van der Waals surface area contributed by atoms with Crippen molar-refractivity contribution in [1.82, 2.24) is 29.4 Å². The summed E-state index contributed by atoms with van der Waals surface area (Å²) < 4.78 is 71.0. The van der Waals surface area contributed by atoms with Crippen LogP contribution in [0.3, 0.4) is 0 Å². The van der Waals surface area contributed by atoms with E-state index in [9.17, 15) is 43.0 Å². The Balaban J connectivity index is 0.801. The van der Waals surface area contributed by atoms with Crippen LogP contribution in [0.15, 0.2) is 41.5 Å². The molecule has 6 aliphatic heterocycles. The van der Waals surface area contributed by atoms with E-state index < -0.39 is 70.7 Å². The molecular formula is C48H56N8O17P3S2+. The van der Waals surface area contributed by atoms with Crippen molar-refractivity contribution in [3.05, 3.63) is 102 Å². The summed E-state index contributed by atoms with van der Waals surface area (Å²) >= 11 is 0. The van der Waals surface area contributed by atoms with E-state index in [1.165, 1.54) is 71.8 Å². The topological polar surface area (TPSA) is 350 Å². The number of aryl methyl sites for hydroxylation is 2. The smallest absolute Gasteiger partial charge is 0.478 e. The number of imidazole rings is 1. The van der Waals surface area contributed by atoms with Gasteiger partial charge in [0.1, 0.15) is 42.9 Å². The number of fused-ring (bicyclic) bond motifs is 5. The molecular weight excluding hydrogens is 1120 g/mol. The summed E-state index contributed by atoms with van der Waals surface area (Å²) in [5.74, 6) is -0.300. The lowest BCUT2D eigenvalue weighted by Crippen LogP contribution is -2.45. The van der Waals surface area contributed by atoms with Gasteiger partial charge in [-0.3, -0.25) is 23.7 Å². The van der Waals surface area contributed by atoms with E-state index in [2.05, 4.69) is 50.5 Å². The summed E-state index contributed by atoms with van der Waals surface area (Å²) in [4.78, 5) is 90.7. The molecule has 0 bridgehead atoms. The second-order valence-electron chi connectivity index (χ2n) is 20.4. The number of nitrogen functional groups attached to an aromatic ring is 1. The van der Waals surface area contributed by atoms with Crippen LogP contribution in [0.25, 0.3) is 16.7 Å². The van der Waals surface area contributed by atoms with Crippen LogP contribution >= 0.6 is 45.1 Å². The predicted molar refractivity (Wildman–Crippen MR) is 286 cm³/mol. The number of H-pyrrole nitrogens is 1. The molecule has 6 aliphatic rings. The quantitative estimate of drug-likeness (QED) is 0.0194. The van der Waals surface area contributed by atoms with E-state index in [1.54, 1.807) is 12.1 Å². The van der Waals surface area contributed by atoms with Crippen LogP contribution in [0.1, 0.15) is 106 Å². The highest BCUT2D eigenvalue weighted by atomic mass is 33.1. The third kappa shape index (κ3) is 11.1. The molecule has 78 heavy (non-hydrogen) atoms. The molecule has 11 rings (SSSR count). The zero-order chi connectivity index (χ0) is 55.1. The lowest BCUT2D eigenvalue weighted by molar-refractivity contribution is -0.0522. The minimum absolute atomic E-state index is 0.00692.